The summed E-state index contributed by atoms with van der Waals surface area (Å²) in [4.78, 5) is 12.4. The van der Waals surface area contributed by atoms with E-state index in [2.05, 4.69) is 10.6 Å². The molecule has 3 heterocycles. The van der Waals surface area contributed by atoms with Crippen LogP contribution in [-0.4, -0.2) is 36.2 Å². The summed E-state index contributed by atoms with van der Waals surface area (Å²) in [6.45, 7) is 0. The Morgan fingerprint density at radius 2 is 1.95 bits per heavy atom. The van der Waals surface area contributed by atoms with Crippen molar-refractivity contribution in [1.82, 2.24) is 10.6 Å². The Bertz CT molecular complexity index is 365. The number of hydrogen-bond acceptors (Lipinski definition) is 3. The fraction of sp³-hybridized carbons (Fsp3) is 0.933. The Kier molecular flexibility index (Phi) is 4.25. The van der Waals surface area contributed by atoms with Crippen LogP contribution in [0.25, 0.3) is 0 Å². The van der Waals surface area contributed by atoms with Gasteiger partial charge in [-0.05, 0) is 44.4 Å². The second-order valence-corrected chi connectivity index (χ2v) is 6.83. The zero-order chi connectivity index (χ0) is 12.8. The minimum absolute atomic E-state index is 0. The average Bonchev–Trinajstić information content (AvgIpc) is 3.12. The molecule has 114 valence electrons. The molecule has 4 aliphatic rings. The summed E-state index contributed by atoms with van der Waals surface area (Å²) in [5.74, 6) is 0.955. The van der Waals surface area contributed by atoms with Gasteiger partial charge < -0.3 is 15.4 Å². The third-order valence-electron chi connectivity index (χ3n) is 5.61. The van der Waals surface area contributed by atoms with Gasteiger partial charge in [-0.15, -0.1) is 12.4 Å². The fourth-order valence-electron chi connectivity index (χ4n) is 4.59. The molecule has 0 aromatic heterocycles. The standard InChI is InChI=1S/C15H24N2O2.ClH/c18-15(17-12-8-10-5-6-14(12)19-10)13-7-9-3-1-2-4-11(9)16-13;/h9-14,16H,1-8H2,(H,17,18);1H. The van der Waals surface area contributed by atoms with Crippen molar-refractivity contribution in [3.63, 3.8) is 0 Å². The molecule has 6 unspecified atom stereocenters. The topological polar surface area (TPSA) is 50.4 Å². The molecule has 1 amide bonds. The summed E-state index contributed by atoms with van der Waals surface area (Å²) in [5, 5.41) is 6.79. The predicted molar refractivity (Wildman–Crippen MR) is 79.0 cm³/mol. The maximum absolute atomic E-state index is 12.4. The Labute approximate surface area is 126 Å². The Balaban J connectivity index is 0.00000121. The van der Waals surface area contributed by atoms with Crippen LogP contribution >= 0.6 is 12.4 Å². The van der Waals surface area contributed by atoms with Crippen molar-refractivity contribution in [3.8, 4) is 0 Å². The minimum atomic E-state index is 0. The van der Waals surface area contributed by atoms with E-state index in [1.165, 1.54) is 32.1 Å². The van der Waals surface area contributed by atoms with Crippen LogP contribution in [0.4, 0.5) is 0 Å². The summed E-state index contributed by atoms with van der Waals surface area (Å²) in [6, 6.07) is 0.920. The highest BCUT2D eigenvalue weighted by molar-refractivity contribution is 5.85. The van der Waals surface area contributed by atoms with Gasteiger partial charge in [-0.3, -0.25) is 4.79 Å². The first kappa shape index (κ1) is 14.6. The van der Waals surface area contributed by atoms with Crippen LogP contribution in [0.5, 0.6) is 0 Å². The first-order valence-electron chi connectivity index (χ1n) is 8.01. The number of nitrogens with one attached hydrogen (secondary N) is 2. The van der Waals surface area contributed by atoms with E-state index < -0.39 is 0 Å². The van der Waals surface area contributed by atoms with Gasteiger partial charge in [-0.1, -0.05) is 12.8 Å². The third-order valence-corrected chi connectivity index (χ3v) is 5.61. The van der Waals surface area contributed by atoms with Crippen molar-refractivity contribution in [3.05, 3.63) is 0 Å². The van der Waals surface area contributed by atoms with Gasteiger partial charge in [0.1, 0.15) is 0 Å². The van der Waals surface area contributed by atoms with Gasteiger partial charge in [0.05, 0.1) is 24.3 Å². The molecule has 1 aliphatic carbocycles. The van der Waals surface area contributed by atoms with Gasteiger partial charge in [0.25, 0.3) is 0 Å². The molecule has 0 aromatic rings. The largest absolute Gasteiger partial charge is 0.373 e. The van der Waals surface area contributed by atoms with E-state index in [4.69, 9.17) is 4.74 Å². The molecule has 4 nitrogen and oxygen atoms in total. The lowest BCUT2D eigenvalue weighted by Gasteiger charge is -2.24. The van der Waals surface area contributed by atoms with Crippen molar-refractivity contribution < 1.29 is 9.53 Å². The number of carbonyl (C=O) groups excluding carboxylic acids is 1. The van der Waals surface area contributed by atoms with Crippen LogP contribution in [0, 0.1) is 5.92 Å². The van der Waals surface area contributed by atoms with E-state index >= 15 is 0 Å². The Morgan fingerprint density at radius 3 is 2.65 bits per heavy atom. The van der Waals surface area contributed by atoms with E-state index in [0.717, 1.165) is 25.2 Å². The first-order chi connectivity index (χ1) is 9.29. The number of halogens is 1. The van der Waals surface area contributed by atoms with E-state index in [1.807, 2.05) is 0 Å². The molecule has 3 aliphatic heterocycles. The zero-order valence-electron chi connectivity index (χ0n) is 11.8. The maximum Gasteiger partial charge on any atom is 0.237 e. The van der Waals surface area contributed by atoms with Crippen LogP contribution in [-0.2, 0) is 9.53 Å². The van der Waals surface area contributed by atoms with Crippen molar-refractivity contribution in [1.29, 1.82) is 0 Å². The predicted octanol–water partition coefficient (Wildman–Crippen LogP) is 1.76. The smallest absolute Gasteiger partial charge is 0.237 e. The SMILES string of the molecule is Cl.O=C(NC1CC2CCC1O2)C1CC2CCCCC2N1. The molecular weight excluding hydrogens is 276 g/mol. The zero-order valence-corrected chi connectivity index (χ0v) is 12.7. The summed E-state index contributed by atoms with van der Waals surface area (Å²) < 4.78 is 5.81. The molecule has 4 rings (SSSR count). The quantitative estimate of drug-likeness (QED) is 0.817. The van der Waals surface area contributed by atoms with Gasteiger partial charge in [-0.2, -0.15) is 0 Å². The number of amides is 1. The van der Waals surface area contributed by atoms with Crippen LogP contribution < -0.4 is 10.6 Å². The van der Waals surface area contributed by atoms with Gasteiger partial charge >= 0.3 is 0 Å². The first-order valence-corrected chi connectivity index (χ1v) is 8.01. The molecule has 0 spiro atoms. The molecule has 1 saturated carbocycles. The molecule has 4 fully saturated rings. The third kappa shape index (κ3) is 2.58. The number of rotatable bonds is 2. The summed E-state index contributed by atoms with van der Waals surface area (Å²) in [6.07, 6.45) is 10.3. The van der Waals surface area contributed by atoms with Crippen LogP contribution in [0.15, 0.2) is 0 Å². The molecule has 6 atom stereocenters. The van der Waals surface area contributed by atoms with Gasteiger partial charge in [0.15, 0.2) is 0 Å². The van der Waals surface area contributed by atoms with Gasteiger partial charge in [-0.25, -0.2) is 0 Å². The molecule has 20 heavy (non-hydrogen) atoms. The molecule has 0 radical (unpaired) electrons. The van der Waals surface area contributed by atoms with Crippen molar-refractivity contribution in [2.24, 2.45) is 5.92 Å². The summed E-state index contributed by atoms with van der Waals surface area (Å²) in [7, 11) is 0. The van der Waals surface area contributed by atoms with E-state index in [9.17, 15) is 4.79 Å². The maximum atomic E-state index is 12.4. The lowest BCUT2D eigenvalue weighted by atomic mass is 9.85. The monoisotopic (exact) mass is 300 g/mol. The summed E-state index contributed by atoms with van der Waals surface area (Å²) >= 11 is 0. The number of fused-ring (bicyclic) bond motifs is 3. The lowest BCUT2D eigenvalue weighted by molar-refractivity contribution is -0.124. The van der Waals surface area contributed by atoms with E-state index in [1.54, 1.807) is 0 Å². The van der Waals surface area contributed by atoms with Gasteiger partial charge in [0, 0.05) is 6.04 Å². The Morgan fingerprint density at radius 1 is 1.10 bits per heavy atom. The van der Waals surface area contributed by atoms with Crippen molar-refractivity contribution >= 4 is 18.3 Å². The van der Waals surface area contributed by atoms with Crippen LogP contribution in [0.3, 0.4) is 0 Å². The second kappa shape index (κ2) is 5.82. The second-order valence-electron chi connectivity index (χ2n) is 6.83. The average molecular weight is 301 g/mol. The molecule has 3 saturated heterocycles. The highest BCUT2D eigenvalue weighted by atomic mass is 35.5. The molecule has 5 heteroatoms. The Hall–Kier alpha value is -0.320. The lowest BCUT2D eigenvalue weighted by Crippen LogP contribution is -2.49. The fourth-order valence-corrected chi connectivity index (χ4v) is 4.59. The van der Waals surface area contributed by atoms with Crippen LogP contribution in [0.1, 0.15) is 51.4 Å². The molecule has 0 aromatic carbocycles. The molecule has 2 bridgehead atoms. The highest BCUT2D eigenvalue weighted by Crippen LogP contribution is 2.35. The molecule has 2 N–H and O–H groups in total. The normalized spacial score (nSPS) is 45.8. The highest BCUT2D eigenvalue weighted by Gasteiger charge is 2.43. The molecular formula is C15H25ClN2O2. The van der Waals surface area contributed by atoms with Crippen molar-refractivity contribution in [2.45, 2.75) is 81.7 Å². The number of carbonyl (C=O) groups is 1. The van der Waals surface area contributed by atoms with Crippen LogP contribution in [0.2, 0.25) is 0 Å². The van der Waals surface area contributed by atoms with E-state index in [0.29, 0.717) is 12.1 Å². The van der Waals surface area contributed by atoms with Crippen molar-refractivity contribution in [2.75, 3.05) is 0 Å². The van der Waals surface area contributed by atoms with E-state index in [-0.39, 0.29) is 36.5 Å². The summed E-state index contributed by atoms with van der Waals surface area (Å²) in [5.41, 5.74) is 0. The van der Waals surface area contributed by atoms with Gasteiger partial charge in [0.2, 0.25) is 5.91 Å². The minimum Gasteiger partial charge on any atom is -0.373 e. The number of hydrogen-bond donors (Lipinski definition) is 2. The number of ether oxygens (including phenoxy) is 1.